The predicted molar refractivity (Wildman–Crippen MR) is 186 cm³/mol. The van der Waals surface area contributed by atoms with E-state index in [0.717, 1.165) is 82.1 Å². The molecular formula is C41H23N3O2. The number of benzene rings is 7. The minimum atomic E-state index is 0.583. The average molecular weight is 590 g/mol. The number of fused-ring (bicyclic) bond motifs is 9. The lowest BCUT2D eigenvalue weighted by Crippen LogP contribution is -2.00. The van der Waals surface area contributed by atoms with Crippen molar-refractivity contribution in [3.63, 3.8) is 0 Å². The molecule has 214 valence electrons. The molecule has 0 unspecified atom stereocenters. The minimum Gasteiger partial charge on any atom is -0.456 e. The number of aromatic nitrogens is 3. The van der Waals surface area contributed by atoms with Crippen LogP contribution >= 0.6 is 0 Å². The molecule has 0 N–H and O–H groups in total. The first-order valence-electron chi connectivity index (χ1n) is 15.3. The third-order valence-electron chi connectivity index (χ3n) is 8.91. The molecule has 0 fully saturated rings. The number of rotatable bonds is 3. The highest BCUT2D eigenvalue weighted by molar-refractivity contribution is 6.19. The molecule has 7 aromatic carbocycles. The Morgan fingerprint density at radius 3 is 1.76 bits per heavy atom. The van der Waals surface area contributed by atoms with Gasteiger partial charge in [-0.25, -0.2) is 15.0 Å². The van der Waals surface area contributed by atoms with E-state index < -0.39 is 0 Å². The molecule has 0 spiro atoms. The number of nitrogens with zero attached hydrogens (tertiary/aromatic N) is 3. The molecule has 5 nitrogen and oxygen atoms in total. The van der Waals surface area contributed by atoms with Crippen LogP contribution in [0.15, 0.2) is 148 Å². The molecule has 5 heteroatoms. The highest BCUT2D eigenvalue weighted by Crippen LogP contribution is 2.40. The van der Waals surface area contributed by atoms with Gasteiger partial charge in [-0.15, -0.1) is 0 Å². The van der Waals surface area contributed by atoms with Crippen molar-refractivity contribution in [2.75, 3.05) is 0 Å². The van der Waals surface area contributed by atoms with Crippen molar-refractivity contribution < 1.29 is 8.83 Å². The lowest BCUT2D eigenvalue weighted by Gasteiger charge is -2.10. The molecule has 0 atom stereocenters. The van der Waals surface area contributed by atoms with Crippen molar-refractivity contribution >= 4 is 65.4 Å². The largest absolute Gasteiger partial charge is 0.456 e. The Morgan fingerprint density at radius 1 is 0.370 bits per heavy atom. The molecule has 0 saturated heterocycles. The SMILES string of the molecule is c1ccc2cc(-c3nc(-c4cccc5oc6ccccc6c45)nc(-c4cccc5oc6c7ccccc7ccc6c45)n3)ccc2c1. The normalized spacial score (nSPS) is 11.9. The summed E-state index contributed by atoms with van der Waals surface area (Å²) in [5, 5.41) is 8.53. The number of furan rings is 2. The first kappa shape index (κ1) is 25.0. The van der Waals surface area contributed by atoms with Crippen molar-refractivity contribution in [1.82, 2.24) is 15.0 Å². The van der Waals surface area contributed by atoms with E-state index in [4.69, 9.17) is 23.8 Å². The molecule has 0 aliphatic carbocycles. The van der Waals surface area contributed by atoms with Crippen molar-refractivity contribution in [2.45, 2.75) is 0 Å². The van der Waals surface area contributed by atoms with Gasteiger partial charge in [0.2, 0.25) is 0 Å². The molecule has 10 aromatic rings. The second kappa shape index (κ2) is 9.58. The van der Waals surface area contributed by atoms with E-state index in [1.807, 2.05) is 54.6 Å². The van der Waals surface area contributed by atoms with Crippen molar-refractivity contribution in [1.29, 1.82) is 0 Å². The van der Waals surface area contributed by atoms with Crippen LogP contribution in [0.1, 0.15) is 0 Å². The first-order valence-corrected chi connectivity index (χ1v) is 15.3. The second-order valence-electron chi connectivity index (χ2n) is 11.6. The monoisotopic (exact) mass is 589 g/mol. The molecule has 0 aliphatic heterocycles. The quantitative estimate of drug-likeness (QED) is 0.205. The summed E-state index contributed by atoms with van der Waals surface area (Å²) < 4.78 is 12.8. The molecule has 0 aliphatic rings. The van der Waals surface area contributed by atoms with E-state index in [1.165, 1.54) is 0 Å². The van der Waals surface area contributed by atoms with E-state index in [0.29, 0.717) is 17.5 Å². The zero-order valence-corrected chi connectivity index (χ0v) is 24.4. The van der Waals surface area contributed by atoms with Crippen LogP contribution in [0.25, 0.3) is 99.6 Å². The van der Waals surface area contributed by atoms with Crippen LogP contribution in [0.4, 0.5) is 0 Å². The maximum Gasteiger partial charge on any atom is 0.164 e. The Labute approximate surface area is 262 Å². The van der Waals surface area contributed by atoms with E-state index in [2.05, 4.69) is 84.9 Å². The molecule has 0 amide bonds. The van der Waals surface area contributed by atoms with Gasteiger partial charge in [0.05, 0.1) is 0 Å². The van der Waals surface area contributed by atoms with Crippen LogP contribution < -0.4 is 0 Å². The van der Waals surface area contributed by atoms with Gasteiger partial charge in [0.25, 0.3) is 0 Å². The third-order valence-corrected chi connectivity index (χ3v) is 8.91. The van der Waals surface area contributed by atoms with Crippen molar-refractivity contribution in [3.8, 4) is 34.2 Å². The summed E-state index contributed by atoms with van der Waals surface area (Å²) in [7, 11) is 0. The molecule has 0 radical (unpaired) electrons. The fraction of sp³-hybridized carbons (Fsp3) is 0. The maximum absolute atomic E-state index is 6.52. The topological polar surface area (TPSA) is 65.0 Å². The van der Waals surface area contributed by atoms with Crippen molar-refractivity contribution in [3.05, 3.63) is 140 Å². The van der Waals surface area contributed by atoms with E-state index in [-0.39, 0.29) is 0 Å². The van der Waals surface area contributed by atoms with Crippen LogP contribution in [0, 0.1) is 0 Å². The summed E-state index contributed by atoms with van der Waals surface area (Å²) in [5.74, 6) is 1.77. The molecular weight excluding hydrogens is 566 g/mol. The van der Waals surface area contributed by atoms with Crippen LogP contribution in [0.3, 0.4) is 0 Å². The Kier molecular flexibility index (Phi) is 5.22. The second-order valence-corrected chi connectivity index (χ2v) is 11.6. The van der Waals surface area contributed by atoms with Crippen LogP contribution in [-0.2, 0) is 0 Å². The van der Waals surface area contributed by atoms with Crippen molar-refractivity contribution in [2.24, 2.45) is 0 Å². The Morgan fingerprint density at radius 2 is 0.957 bits per heavy atom. The van der Waals surface area contributed by atoms with Crippen LogP contribution in [0.2, 0.25) is 0 Å². The minimum absolute atomic E-state index is 0.583. The number of hydrogen-bond donors (Lipinski definition) is 0. The summed E-state index contributed by atoms with van der Waals surface area (Å²) in [6, 6.07) is 47.5. The predicted octanol–water partition coefficient (Wildman–Crippen LogP) is 11.0. The van der Waals surface area contributed by atoms with Gasteiger partial charge < -0.3 is 8.83 Å². The van der Waals surface area contributed by atoms with Gasteiger partial charge in [-0.3, -0.25) is 0 Å². The van der Waals surface area contributed by atoms with Gasteiger partial charge in [-0.2, -0.15) is 0 Å². The fourth-order valence-corrected chi connectivity index (χ4v) is 6.78. The van der Waals surface area contributed by atoms with E-state index in [9.17, 15) is 0 Å². The highest BCUT2D eigenvalue weighted by Gasteiger charge is 2.21. The molecule has 3 aromatic heterocycles. The standard InChI is InChI=1S/C41H23N3O2/c1-2-11-26-23-27(20-19-24(26)9-1)39-42-40(31-14-7-17-34-36(31)29-13-5-6-16-33(29)45-34)44-41(43-39)32-15-8-18-35-37(32)30-22-21-25-10-3-4-12-28(25)38(30)46-35/h1-23H. The molecule has 46 heavy (non-hydrogen) atoms. The summed E-state index contributed by atoms with van der Waals surface area (Å²) in [6.07, 6.45) is 0. The number of hydrogen-bond acceptors (Lipinski definition) is 5. The Bertz CT molecular complexity index is 2830. The van der Waals surface area contributed by atoms with Crippen LogP contribution in [-0.4, -0.2) is 15.0 Å². The first-order chi connectivity index (χ1) is 22.8. The molecule has 10 rings (SSSR count). The highest BCUT2D eigenvalue weighted by atomic mass is 16.3. The zero-order chi connectivity index (χ0) is 30.2. The van der Waals surface area contributed by atoms with Gasteiger partial charge in [0.1, 0.15) is 22.3 Å². The average Bonchev–Trinajstić information content (AvgIpc) is 3.70. The van der Waals surface area contributed by atoms with Crippen LogP contribution in [0.5, 0.6) is 0 Å². The van der Waals surface area contributed by atoms with E-state index in [1.54, 1.807) is 0 Å². The van der Waals surface area contributed by atoms with E-state index >= 15 is 0 Å². The summed E-state index contributed by atoms with van der Waals surface area (Å²) in [6.45, 7) is 0. The zero-order valence-electron chi connectivity index (χ0n) is 24.4. The van der Waals surface area contributed by atoms with Gasteiger partial charge in [0.15, 0.2) is 17.5 Å². The fourth-order valence-electron chi connectivity index (χ4n) is 6.78. The summed E-state index contributed by atoms with van der Waals surface area (Å²) >= 11 is 0. The van der Waals surface area contributed by atoms with Gasteiger partial charge >= 0.3 is 0 Å². The molecule has 0 saturated carbocycles. The summed E-state index contributed by atoms with van der Waals surface area (Å²) in [5.41, 5.74) is 5.98. The lowest BCUT2D eigenvalue weighted by atomic mass is 10.0. The number of para-hydroxylation sites is 1. The Balaban J connectivity index is 1.28. The van der Waals surface area contributed by atoms with Gasteiger partial charge in [0, 0.05) is 43.6 Å². The summed E-state index contributed by atoms with van der Waals surface area (Å²) in [4.78, 5) is 15.5. The lowest BCUT2D eigenvalue weighted by molar-refractivity contribution is 0.669. The third kappa shape index (κ3) is 3.72. The Hall–Kier alpha value is -6.33. The molecule has 3 heterocycles. The van der Waals surface area contributed by atoms with Gasteiger partial charge in [-0.05, 0) is 46.5 Å². The van der Waals surface area contributed by atoms with Gasteiger partial charge in [-0.1, -0.05) is 109 Å². The maximum atomic E-state index is 6.52. The molecule has 0 bridgehead atoms. The smallest absolute Gasteiger partial charge is 0.164 e.